The number of nitrogens with zero attached hydrogens (tertiary/aromatic N) is 3. The second kappa shape index (κ2) is 11.7. The van der Waals surface area contributed by atoms with Gasteiger partial charge in [-0.15, -0.1) is 10.2 Å². The molecule has 2 heterocycles. The van der Waals surface area contributed by atoms with Gasteiger partial charge >= 0.3 is 5.97 Å². The van der Waals surface area contributed by atoms with E-state index in [0.29, 0.717) is 18.2 Å². The summed E-state index contributed by atoms with van der Waals surface area (Å²) in [4.78, 5) is 31.9. The van der Waals surface area contributed by atoms with Crippen molar-refractivity contribution in [2.75, 3.05) is 6.54 Å². The molecule has 0 aliphatic carbocycles. The van der Waals surface area contributed by atoms with E-state index in [9.17, 15) is 14.4 Å². The molecule has 1 amide bonds. The molecular formula is C15H20ClN5O5. The van der Waals surface area contributed by atoms with Gasteiger partial charge in [-0.25, -0.2) is 9.89 Å². The van der Waals surface area contributed by atoms with Crippen molar-refractivity contribution in [2.24, 2.45) is 5.92 Å². The van der Waals surface area contributed by atoms with Crippen LogP contribution in [-0.4, -0.2) is 49.4 Å². The van der Waals surface area contributed by atoms with Crippen LogP contribution >= 0.6 is 11.6 Å². The lowest BCUT2D eigenvalue weighted by atomic mass is 10.1. The number of hydrogen-bond acceptors (Lipinski definition) is 6. The van der Waals surface area contributed by atoms with Crippen molar-refractivity contribution in [3.05, 3.63) is 51.2 Å². The molecule has 10 nitrogen and oxygen atoms in total. The van der Waals surface area contributed by atoms with Gasteiger partial charge in [-0.05, 0) is 30.5 Å². The van der Waals surface area contributed by atoms with Gasteiger partial charge in [-0.1, -0.05) is 25.4 Å². The summed E-state index contributed by atoms with van der Waals surface area (Å²) in [6, 6.07) is 5.35. The lowest BCUT2D eigenvalue weighted by molar-refractivity contribution is 0.0688. The van der Waals surface area contributed by atoms with Crippen molar-refractivity contribution in [3.8, 4) is 0 Å². The SMILES string of the molecule is CC(C)CCNC(=O)c1ccc(Cl)nn1.O.O=C(O)c1ccc(=O)[nH]n1. The van der Waals surface area contributed by atoms with E-state index >= 15 is 0 Å². The summed E-state index contributed by atoms with van der Waals surface area (Å²) in [6.07, 6.45) is 0.951. The number of amides is 1. The largest absolute Gasteiger partial charge is 0.476 e. The molecule has 0 radical (unpaired) electrons. The van der Waals surface area contributed by atoms with Gasteiger partial charge in [0.05, 0.1) is 0 Å². The van der Waals surface area contributed by atoms with Crippen LogP contribution in [0.25, 0.3) is 0 Å². The summed E-state index contributed by atoms with van der Waals surface area (Å²) < 4.78 is 0. The zero-order valence-electron chi connectivity index (χ0n) is 14.2. The van der Waals surface area contributed by atoms with E-state index in [4.69, 9.17) is 16.7 Å². The maximum absolute atomic E-state index is 11.5. The first-order valence-electron chi connectivity index (χ1n) is 7.36. The Balaban J connectivity index is 0.000000497. The fraction of sp³-hybridized carbons (Fsp3) is 0.333. The molecule has 0 atom stereocenters. The lowest BCUT2D eigenvalue weighted by Crippen LogP contribution is -2.26. The van der Waals surface area contributed by atoms with Gasteiger partial charge in [0.15, 0.2) is 16.5 Å². The highest BCUT2D eigenvalue weighted by Gasteiger charge is 2.07. The quantitative estimate of drug-likeness (QED) is 0.674. The summed E-state index contributed by atoms with van der Waals surface area (Å²) in [5.41, 5.74) is -0.284. The molecule has 0 aliphatic rings. The molecule has 0 aliphatic heterocycles. The van der Waals surface area contributed by atoms with Crippen molar-refractivity contribution in [1.29, 1.82) is 0 Å². The Kier molecular flexibility index (Phi) is 10.4. The Morgan fingerprint density at radius 2 is 1.85 bits per heavy atom. The number of aromatic amines is 1. The highest BCUT2D eigenvalue weighted by Crippen LogP contribution is 2.02. The van der Waals surface area contributed by atoms with E-state index < -0.39 is 11.5 Å². The standard InChI is InChI=1S/C10H14ClN3O.C5H4N2O3.H2O/c1-7(2)5-6-12-10(15)8-3-4-9(11)14-13-8;8-4-2-1-3(5(9)10)6-7-4;/h3-4,7H,5-6H2,1-2H3,(H,12,15);1-2H,(H,7,8)(H,9,10);1H2. The minimum absolute atomic E-state index is 0. The minimum atomic E-state index is -1.16. The Hall–Kier alpha value is -2.85. The van der Waals surface area contributed by atoms with Crippen LogP contribution in [0.4, 0.5) is 0 Å². The Labute approximate surface area is 153 Å². The lowest BCUT2D eigenvalue weighted by Gasteiger charge is -2.05. The number of carbonyl (C=O) groups excluding carboxylic acids is 1. The Bertz CT molecular complexity index is 743. The third kappa shape index (κ3) is 8.85. The predicted molar refractivity (Wildman–Crippen MR) is 94.3 cm³/mol. The van der Waals surface area contributed by atoms with E-state index in [1.54, 1.807) is 12.1 Å². The van der Waals surface area contributed by atoms with Gasteiger partial charge in [-0.2, -0.15) is 5.10 Å². The number of hydrogen-bond donors (Lipinski definition) is 3. The number of carboxylic acid groups (broad SMARTS) is 1. The van der Waals surface area contributed by atoms with Crippen molar-refractivity contribution in [1.82, 2.24) is 25.7 Å². The minimum Gasteiger partial charge on any atom is -0.476 e. The van der Waals surface area contributed by atoms with Gasteiger partial charge in [-0.3, -0.25) is 9.59 Å². The third-order valence-corrected chi connectivity index (χ3v) is 2.97. The molecule has 0 saturated carbocycles. The number of aromatic carboxylic acids is 1. The van der Waals surface area contributed by atoms with Crippen molar-refractivity contribution in [2.45, 2.75) is 20.3 Å². The van der Waals surface area contributed by atoms with Crippen molar-refractivity contribution >= 4 is 23.5 Å². The number of aromatic nitrogens is 4. The van der Waals surface area contributed by atoms with E-state index in [0.717, 1.165) is 18.6 Å². The third-order valence-electron chi connectivity index (χ3n) is 2.77. The van der Waals surface area contributed by atoms with Crippen LogP contribution in [0.2, 0.25) is 5.15 Å². The van der Waals surface area contributed by atoms with E-state index in [1.165, 1.54) is 0 Å². The van der Waals surface area contributed by atoms with Gasteiger partial charge in [0.1, 0.15) is 0 Å². The topological polar surface area (TPSA) is 169 Å². The second-order valence-electron chi connectivity index (χ2n) is 5.29. The van der Waals surface area contributed by atoms with Crippen LogP contribution in [0, 0.1) is 5.92 Å². The fourth-order valence-electron chi connectivity index (χ4n) is 1.47. The van der Waals surface area contributed by atoms with Crippen LogP contribution in [0.3, 0.4) is 0 Å². The maximum Gasteiger partial charge on any atom is 0.356 e. The molecule has 0 spiro atoms. The summed E-state index contributed by atoms with van der Waals surface area (Å²) in [5.74, 6) is -0.794. The number of nitrogens with one attached hydrogen (secondary N) is 2. The van der Waals surface area contributed by atoms with Gasteiger partial charge < -0.3 is 15.9 Å². The zero-order chi connectivity index (χ0) is 18.8. The number of carboxylic acids is 1. The van der Waals surface area contributed by atoms with Gasteiger partial charge in [0.2, 0.25) is 0 Å². The predicted octanol–water partition coefficient (Wildman–Crippen LogP) is 0.549. The number of rotatable bonds is 5. The molecule has 0 unspecified atom stereocenters. The van der Waals surface area contributed by atoms with Crippen LogP contribution in [0.5, 0.6) is 0 Å². The number of H-pyrrole nitrogens is 1. The Morgan fingerprint density at radius 1 is 1.19 bits per heavy atom. The summed E-state index contributed by atoms with van der Waals surface area (Å²) >= 11 is 5.56. The smallest absolute Gasteiger partial charge is 0.356 e. The van der Waals surface area contributed by atoms with Crippen LogP contribution in [0.15, 0.2) is 29.1 Å². The molecule has 0 fully saturated rings. The van der Waals surface area contributed by atoms with Crippen molar-refractivity contribution < 1.29 is 20.2 Å². The molecule has 11 heteroatoms. The number of carbonyl (C=O) groups is 2. The van der Waals surface area contributed by atoms with E-state index in [2.05, 4.69) is 34.5 Å². The highest BCUT2D eigenvalue weighted by atomic mass is 35.5. The molecule has 5 N–H and O–H groups in total. The summed E-state index contributed by atoms with van der Waals surface area (Å²) in [7, 11) is 0. The first-order valence-corrected chi connectivity index (χ1v) is 7.74. The van der Waals surface area contributed by atoms with E-state index in [-0.39, 0.29) is 22.2 Å². The van der Waals surface area contributed by atoms with Crippen LogP contribution < -0.4 is 10.9 Å². The fourth-order valence-corrected chi connectivity index (χ4v) is 1.57. The van der Waals surface area contributed by atoms with E-state index in [1.807, 2.05) is 5.10 Å². The van der Waals surface area contributed by atoms with Gasteiger partial charge in [0.25, 0.3) is 11.5 Å². The second-order valence-corrected chi connectivity index (χ2v) is 5.68. The monoisotopic (exact) mass is 385 g/mol. The van der Waals surface area contributed by atoms with Crippen LogP contribution in [-0.2, 0) is 0 Å². The zero-order valence-corrected chi connectivity index (χ0v) is 14.9. The molecule has 2 rings (SSSR count). The molecule has 0 saturated heterocycles. The Morgan fingerprint density at radius 3 is 2.31 bits per heavy atom. The van der Waals surface area contributed by atoms with Crippen LogP contribution in [0.1, 0.15) is 41.2 Å². The average Bonchev–Trinajstić information content (AvgIpc) is 2.56. The van der Waals surface area contributed by atoms with Crippen molar-refractivity contribution in [3.63, 3.8) is 0 Å². The molecule has 142 valence electrons. The number of halogens is 1. The first-order chi connectivity index (χ1) is 11.8. The maximum atomic E-state index is 11.5. The molecule has 2 aromatic heterocycles. The molecule has 0 bridgehead atoms. The van der Waals surface area contributed by atoms with Gasteiger partial charge in [0, 0.05) is 12.6 Å². The molecule has 26 heavy (non-hydrogen) atoms. The highest BCUT2D eigenvalue weighted by molar-refractivity contribution is 6.29. The summed E-state index contributed by atoms with van der Waals surface area (Å²) in [6.45, 7) is 4.86. The first kappa shape index (κ1) is 23.1. The normalized spacial score (nSPS) is 9.54. The molecule has 2 aromatic rings. The molecular weight excluding hydrogens is 366 g/mol. The average molecular weight is 386 g/mol. The summed E-state index contributed by atoms with van der Waals surface area (Å²) in [5, 5.41) is 23.9. The molecule has 0 aromatic carbocycles.